The molecule has 1 aliphatic carbocycles. The fourth-order valence-electron chi connectivity index (χ4n) is 2.56. The molecule has 2 nitrogen and oxygen atoms in total. The zero-order chi connectivity index (χ0) is 13.3. The summed E-state index contributed by atoms with van der Waals surface area (Å²) in [6, 6.07) is 0. The number of ketones is 1. The van der Waals surface area contributed by atoms with Gasteiger partial charge in [-0.05, 0) is 31.2 Å². The zero-order valence-corrected chi connectivity index (χ0v) is 12.5. The van der Waals surface area contributed by atoms with Crippen LogP contribution in [0.4, 0.5) is 5.00 Å². The number of nitrogens with two attached hydrogens (primary N) is 1. The number of carbonyl (C=O) groups is 1. The molecule has 1 aromatic heterocycles. The van der Waals surface area contributed by atoms with Crippen LogP contribution < -0.4 is 5.73 Å². The lowest BCUT2D eigenvalue weighted by Gasteiger charge is -2.18. The van der Waals surface area contributed by atoms with Gasteiger partial charge in [-0.15, -0.1) is 11.3 Å². The molecule has 1 heterocycles. The first-order valence-corrected chi connectivity index (χ1v) is 7.67. The van der Waals surface area contributed by atoms with Crippen molar-refractivity contribution in [2.24, 2.45) is 5.41 Å². The Hall–Kier alpha value is -0.830. The van der Waals surface area contributed by atoms with Crippen molar-refractivity contribution < 1.29 is 4.79 Å². The van der Waals surface area contributed by atoms with E-state index in [4.69, 9.17) is 5.73 Å². The molecule has 0 saturated carbocycles. The number of thiophene rings is 1. The van der Waals surface area contributed by atoms with Gasteiger partial charge in [0, 0.05) is 10.3 Å². The summed E-state index contributed by atoms with van der Waals surface area (Å²) in [6.45, 7) is 5.92. The quantitative estimate of drug-likeness (QED) is 0.773. The van der Waals surface area contributed by atoms with E-state index in [2.05, 4.69) is 0 Å². The molecular formula is C15H23NOS. The summed E-state index contributed by atoms with van der Waals surface area (Å²) in [5.74, 6) is 0.207. The van der Waals surface area contributed by atoms with Crippen LogP contribution in [-0.2, 0) is 12.8 Å². The predicted molar refractivity (Wildman–Crippen MR) is 78.4 cm³/mol. The molecule has 100 valence electrons. The van der Waals surface area contributed by atoms with Crippen molar-refractivity contribution in [2.45, 2.75) is 59.3 Å². The van der Waals surface area contributed by atoms with Gasteiger partial charge in [0.05, 0.1) is 10.6 Å². The molecule has 1 aromatic rings. The first-order chi connectivity index (χ1) is 8.41. The van der Waals surface area contributed by atoms with Crippen LogP contribution in [0.3, 0.4) is 0 Å². The van der Waals surface area contributed by atoms with Gasteiger partial charge in [-0.1, -0.05) is 33.6 Å². The number of nitrogen functional groups attached to an aromatic ring is 1. The molecular weight excluding hydrogens is 242 g/mol. The molecule has 0 spiro atoms. The fraction of sp³-hybridized carbons (Fsp3) is 0.667. The predicted octanol–water partition coefficient (Wildman–Crippen LogP) is 4.22. The van der Waals surface area contributed by atoms with Crippen LogP contribution in [-0.4, -0.2) is 5.78 Å². The molecule has 0 fully saturated rings. The van der Waals surface area contributed by atoms with E-state index in [0.29, 0.717) is 0 Å². The lowest BCUT2D eigenvalue weighted by Crippen LogP contribution is -2.22. The summed E-state index contributed by atoms with van der Waals surface area (Å²) in [7, 11) is 0. The molecule has 1 aliphatic rings. The van der Waals surface area contributed by atoms with Gasteiger partial charge in [-0.2, -0.15) is 0 Å². The minimum absolute atomic E-state index is 0.207. The molecule has 0 bridgehead atoms. The van der Waals surface area contributed by atoms with Crippen molar-refractivity contribution in [1.82, 2.24) is 0 Å². The molecule has 3 heteroatoms. The molecule has 0 aromatic carbocycles. The van der Waals surface area contributed by atoms with Crippen molar-refractivity contribution in [2.75, 3.05) is 5.73 Å². The first-order valence-electron chi connectivity index (χ1n) is 6.86. The smallest absolute Gasteiger partial charge is 0.171 e. The molecule has 0 unspecified atom stereocenters. The van der Waals surface area contributed by atoms with Crippen LogP contribution in [0.25, 0.3) is 0 Å². The maximum Gasteiger partial charge on any atom is 0.171 e. The number of carbonyl (C=O) groups excluding carboxylic acids is 1. The average molecular weight is 265 g/mol. The van der Waals surface area contributed by atoms with E-state index >= 15 is 0 Å². The second-order valence-electron chi connectivity index (χ2n) is 6.24. The van der Waals surface area contributed by atoms with Crippen LogP contribution in [0.1, 0.15) is 67.3 Å². The monoisotopic (exact) mass is 265 g/mol. The third-order valence-corrected chi connectivity index (χ3v) is 4.73. The Morgan fingerprint density at radius 1 is 1.11 bits per heavy atom. The molecule has 18 heavy (non-hydrogen) atoms. The summed E-state index contributed by atoms with van der Waals surface area (Å²) >= 11 is 1.64. The summed E-state index contributed by atoms with van der Waals surface area (Å²) in [5.41, 5.74) is 7.88. The molecule has 2 rings (SSSR count). The average Bonchev–Trinajstić information content (AvgIpc) is 2.52. The van der Waals surface area contributed by atoms with E-state index < -0.39 is 0 Å². The number of aryl methyl sites for hydroxylation is 1. The molecule has 0 amide bonds. The molecule has 2 N–H and O–H groups in total. The maximum atomic E-state index is 12.5. The zero-order valence-electron chi connectivity index (χ0n) is 11.6. The Morgan fingerprint density at radius 2 is 1.72 bits per heavy atom. The summed E-state index contributed by atoms with van der Waals surface area (Å²) in [5, 5.41) is 0.738. The Morgan fingerprint density at radius 3 is 2.33 bits per heavy atom. The van der Waals surface area contributed by atoms with Crippen LogP contribution in [0.5, 0.6) is 0 Å². The highest BCUT2D eigenvalue weighted by molar-refractivity contribution is 7.16. The minimum Gasteiger partial charge on any atom is -0.390 e. The highest BCUT2D eigenvalue weighted by Gasteiger charge is 2.30. The van der Waals surface area contributed by atoms with Crippen molar-refractivity contribution >= 4 is 22.1 Å². The number of fused-ring (bicyclic) bond motifs is 1. The normalized spacial score (nSPS) is 16.8. The number of anilines is 1. The van der Waals surface area contributed by atoms with E-state index in [1.165, 1.54) is 36.1 Å². The SMILES string of the molecule is CC(C)(C)C(=O)c1c(N)sc2c1CCCCCC2. The van der Waals surface area contributed by atoms with Gasteiger partial charge in [0.25, 0.3) is 0 Å². The maximum absolute atomic E-state index is 12.5. The van der Waals surface area contributed by atoms with Gasteiger partial charge in [-0.3, -0.25) is 4.79 Å². The molecule has 0 aliphatic heterocycles. The standard InChI is InChI=1S/C15H23NOS/c1-15(2,3)13(17)12-10-8-6-4-5-7-9-11(10)18-14(12)16/h4-9,16H2,1-3H3. The summed E-state index contributed by atoms with van der Waals surface area (Å²) < 4.78 is 0. The second-order valence-corrected chi connectivity index (χ2v) is 7.37. The topological polar surface area (TPSA) is 43.1 Å². The summed E-state index contributed by atoms with van der Waals surface area (Å²) in [4.78, 5) is 13.9. The van der Waals surface area contributed by atoms with Gasteiger partial charge >= 0.3 is 0 Å². The van der Waals surface area contributed by atoms with Crippen molar-refractivity contribution in [1.29, 1.82) is 0 Å². The van der Waals surface area contributed by atoms with Crippen LogP contribution in [0, 0.1) is 5.41 Å². The van der Waals surface area contributed by atoms with E-state index in [0.717, 1.165) is 23.4 Å². The third-order valence-electron chi connectivity index (χ3n) is 3.61. The van der Waals surface area contributed by atoms with Crippen LogP contribution in [0.2, 0.25) is 0 Å². The Bertz CT molecular complexity index is 454. The second kappa shape index (κ2) is 5.04. The van der Waals surface area contributed by atoms with E-state index in [1.807, 2.05) is 20.8 Å². The number of Topliss-reactive ketones (excluding diaryl/α,β-unsaturated/α-hetero) is 1. The van der Waals surface area contributed by atoms with E-state index in [1.54, 1.807) is 11.3 Å². The van der Waals surface area contributed by atoms with E-state index in [9.17, 15) is 4.79 Å². The number of hydrogen-bond acceptors (Lipinski definition) is 3. The van der Waals surface area contributed by atoms with Crippen LogP contribution in [0.15, 0.2) is 0 Å². The Labute approximate surface area is 114 Å². The Kier molecular flexibility index (Phi) is 3.81. The third kappa shape index (κ3) is 2.61. The number of hydrogen-bond donors (Lipinski definition) is 1. The van der Waals surface area contributed by atoms with Crippen molar-refractivity contribution in [3.8, 4) is 0 Å². The molecule has 0 saturated heterocycles. The first kappa shape index (κ1) is 13.6. The van der Waals surface area contributed by atoms with Gasteiger partial charge in [-0.25, -0.2) is 0 Å². The highest BCUT2D eigenvalue weighted by atomic mass is 32.1. The number of rotatable bonds is 1. The largest absolute Gasteiger partial charge is 0.390 e. The lowest BCUT2D eigenvalue weighted by atomic mass is 9.84. The van der Waals surface area contributed by atoms with Gasteiger partial charge < -0.3 is 5.73 Å². The van der Waals surface area contributed by atoms with E-state index in [-0.39, 0.29) is 11.2 Å². The van der Waals surface area contributed by atoms with Crippen molar-refractivity contribution in [3.05, 3.63) is 16.0 Å². The van der Waals surface area contributed by atoms with Gasteiger partial charge in [0.1, 0.15) is 0 Å². The molecule has 0 radical (unpaired) electrons. The lowest BCUT2D eigenvalue weighted by molar-refractivity contribution is 0.0858. The highest BCUT2D eigenvalue weighted by Crippen LogP contribution is 2.38. The molecule has 0 atom stereocenters. The fourth-order valence-corrected chi connectivity index (χ4v) is 3.72. The Balaban J connectivity index is 2.44. The van der Waals surface area contributed by atoms with Crippen LogP contribution >= 0.6 is 11.3 Å². The van der Waals surface area contributed by atoms with Gasteiger partial charge in [0.15, 0.2) is 5.78 Å². The summed E-state index contributed by atoms with van der Waals surface area (Å²) in [6.07, 6.45) is 7.13. The minimum atomic E-state index is -0.342. The van der Waals surface area contributed by atoms with Crippen molar-refractivity contribution in [3.63, 3.8) is 0 Å². The van der Waals surface area contributed by atoms with Gasteiger partial charge in [0.2, 0.25) is 0 Å².